The Bertz CT molecular complexity index is 1060. The quantitative estimate of drug-likeness (QED) is 0.317. The Balaban J connectivity index is 1.35. The third-order valence-corrected chi connectivity index (χ3v) is 5.65. The van der Waals surface area contributed by atoms with Crippen molar-refractivity contribution in [3.63, 3.8) is 0 Å². The molecule has 5 heteroatoms. The molecule has 27 heavy (non-hydrogen) atoms. The first-order valence-corrected chi connectivity index (χ1v) is 10.3. The number of fused-ring (bicyclic) bond motifs is 3. The topological polar surface area (TPSA) is 39.4 Å². The Hall–Kier alpha value is -2.53. The van der Waals surface area contributed by atoms with Gasteiger partial charge in [-0.25, -0.2) is 0 Å². The van der Waals surface area contributed by atoms with Crippen LogP contribution >= 0.6 is 11.8 Å². The number of para-hydroxylation sites is 1. The average molecular weight is 378 g/mol. The van der Waals surface area contributed by atoms with Gasteiger partial charge in [-0.2, -0.15) is 0 Å². The molecule has 2 aromatic heterocycles. The van der Waals surface area contributed by atoms with Gasteiger partial charge in [-0.15, -0.1) is 10.2 Å². The minimum absolute atomic E-state index is 0.742. The molecule has 138 valence electrons. The highest BCUT2D eigenvalue weighted by molar-refractivity contribution is 7.99. The summed E-state index contributed by atoms with van der Waals surface area (Å²) in [7, 11) is 0. The van der Waals surface area contributed by atoms with Crippen LogP contribution in [0.25, 0.3) is 16.6 Å². The van der Waals surface area contributed by atoms with Crippen LogP contribution in [0.1, 0.15) is 24.0 Å². The molecule has 0 atom stereocenters. The van der Waals surface area contributed by atoms with Crippen LogP contribution in [-0.4, -0.2) is 27.0 Å². The van der Waals surface area contributed by atoms with Gasteiger partial charge >= 0.3 is 0 Å². The molecule has 0 aliphatic heterocycles. The van der Waals surface area contributed by atoms with Crippen molar-refractivity contribution < 1.29 is 4.74 Å². The second-order valence-corrected chi connectivity index (χ2v) is 7.80. The zero-order valence-electron chi connectivity index (χ0n) is 15.7. The first kappa shape index (κ1) is 17.9. The van der Waals surface area contributed by atoms with E-state index >= 15 is 0 Å². The van der Waals surface area contributed by atoms with Crippen molar-refractivity contribution >= 4 is 28.3 Å². The predicted octanol–water partition coefficient (Wildman–Crippen LogP) is 5.45. The van der Waals surface area contributed by atoms with Gasteiger partial charge in [0.25, 0.3) is 0 Å². The molecule has 0 bridgehead atoms. The van der Waals surface area contributed by atoms with Gasteiger partial charge in [0.2, 0.25) is 0 Å². The lowest BCUT2D eigenvalue weighted by molar-refractivity contribution is 0.310. The number of aromatic nitrogens is 3. The smallest absolute Gasteiger partial charge is 0.196 e. The minimum atomic E-state index is 0.742. The number of unbranched alkanes of at least 4 members (excludes halogenated alkanes) is 1. The summed E-state index contributed by atoms with van der Waals surface area (Å²) in [5, 5.41) is 11.0. The Morgan fingerprint density at radius 3 is 2.63 bits per heavy atom. The summed E-state index contributed by atoms with van der Waals surface area (Å²) in [6.07, 6.45) is 2.10. The molecule has 0 saturated carbocycles. The number of rotatable bonds is 7. The number of benzene rings is 2. The molecule has 0 aliphatic carbocycles. The van der Waals surface area contributed by atoms with E-state index in [4.69, 9.17) is 4.74 Å². The van der Waals surface area contributed by atoms with E-state index in [1.807, 2.05) is 12.1 Å². The lowest BCUT2D eigenvalue weighted by Crippen LogP contribution is -1.98. The second kappa shape index (κ2) is 8.01. The summed E-state index contributed by atoms with van der Waals surface area (Å²) in [5.41, 5.74) is 4.57. The summed E-state index contributed by atoms with van der Waals surface area (Å²) < 4.78 is 7.96. The van der Waals surface area contributed by atoms with Gasteiger partial charge in [-0.05, 0) is 56.5 Å². The molecule has 0 radical (unpaired) electrons. The van der Waals surface area contributed by atoms with E-state index in [9.17, 15) is 0 Å². The largest absolute Gasteiger partial charge is 0.494 e. The van der Waals surface area contributed by atoms with E-state index in [0.29, 0.717) is 0 Å². The highest BCUT2D eigenvalue weighted by Gasteiger charge is 2.11. The van der Waals surface area contributed by atoms with Crippen molar-refractivity contribution in [2.45, 2.75) is 31.8 Å². The zero-order valence-corrected chi connectivity index (χ0v) is 16.5. The van der Waals surface area contributed by atoms with Crippen LogP contribution in [0, 0.1) is 13.8 Å². The molecule has 0 fully saturated rings. The number of hydrogen-bond donors (Lipinski definition) is 0. The molecule has 0 amide bonds. The Morgan fingerprint density at radius 2 is 1.78 bits per heavy atom. The van der Waals surface area contributed by atoms with Crippen molar-refractivity contribution in [3.8, 4) is 5.75 Å². The number of thioether (sulfide) groups is 1. The van der Waals surface area contributed by atoms with Crippen molar-refractivity contribution in [1.29, 1.82) is 0 Å². The van der Waals surface area contributed by atoms with Crippen LogP contribution in [0.15, 0.2) is 59.8 Å². The fourth-order valence-corrected chi connectivity index (χ4v) is 4.11. The van der Waals surface area contributed by atoms with Gasteiger partial charge in [0.1, 0.15) is 5.75 Å². The highest BCUT2D eigenvalue weighted by atomic mass is 32.2. The Morgan fingerprint density at radius 1 is 0.963 bits per heavy atom. The van der Waals surface area contributed by atoms with Crippen LogP contribution in [0.3, 0.4) is 0 Å². The molecule has 2 aromatic carbocycles. The van der Waals surface area contributed by atoms with E-state index in [0.717, 1.165) is 41.8 Å². The van der Waals surface area contributed by atoms with E-state index in [1.54, 1.807) is 11.8 Å². The fourth-order valence-electron chi connectivity index (χ4n) is 3.16. The molecule has 0 N–H and O–H groups in total. The van der Waals surface area contributed by atoms with E-state index < -0.39 is 0 Å². The maximum atomic E-state index is 5.80. The molecule has 0 saturated heterocycles. The van der Waals surface area contributed by atoms with Gasteiger partial charge in [0, 0.05) is 11.1 Å². The standard InChI is InChI=1S/C22H23N3OS/c1-16-9-11-18(12-10-16)26-13-5-6-14-27-22-24-23-21-15-17(2)19-7-3-4-8-20(19)25(21)22/h3-4,7-12,15H,5-6,13-14H2,1-2H3. The first-order valence-electron chi connectivity index (χ1n) is 9.28. The monoisotopic (exact) mass is 377 g/mol. The van der Waals surface area contributed by atoms with Crippen LogP contribution in [0.4, 0.5) is 0 Å². The zero-order chi connectivity index (χ0) is 18.6. The predicted molar refractivity (Wildman–Crippen MR) is 112 cm³/mol. The van der Waals surface area contributed by atoms with Crippen molar-refractivity contribution in [1.82, 2.24) is 14.6 Å². The summed E-state index contributed by atoms with van der Waals surface area (Å²) in [5.74, 6) is 1.94. The van der Waals surface area contributed by atoms with Crippen LogP contribution < -0.4 is 4.74 Å². The molecule has 0 unspecified atom stereocenters. The van der Waals surface area contributed by atoms with E-state index in [2.05, 4.69) is 70.9 Å². The number of aryl methyl sites for hydroxylation is 2. The van der Waals surface area contributed by atoms with Gasteiger partial charge in [-0.3, -0.25) is 4.40 Å². The number of pyridine rings is 1. The van der Waals surface area contributed by atoms with Gasteiger partial charge < -0.3 is 4.74 Å². The lowest BCUT2D eigenvalue weighted by atomic mass is 10.1. The van der Waals surface area contributed by atoms with Gasteiger partial charge in [-0.1, -0.05) is 47.7 Å². The SMILES string of the molecule is Cc1ccc(OCCCCSc2nnc3cc(C)c4ccccc4n23)cc1. The lowest BCUT2D eigenvalue weighted by Gasteiger charge is -2.08. The summed E-state index contributed by atoms with van der Waals surface area (Å²) >= 11 is 1.76. The third kappa shape index (κ3) is 3.93. The summed E-state index contributed by atoms with van der Waals surface area (Å²) in [6, 6.07) is 18.7. The normalized spacial score (nSPS) is 11.3. The highest BCUT2D eigenvalue weighted by Crippen LogP contribution is 2.26. The molecule has 4 aromatic rings. The van der Waals surface area contributed by atoms with Gasteiger partial charge in [0.15, 0.2) is 10.8 Å². The van der Waals surface area contributed by atoms with Crippen LogP contribution in [0.5, 0.6) is 5.75 Å². The molecule has 0 aliphatic rings. The number of hydrogen-bond acceptors (Lipinski definition) is 4. The third-order valence-electron chi connectivity index (χ3n) is 4.63. The molecule has 2 heterocycles. The van der Waals surface area contributed by atoms with Crippen LogP contribution in [0.2, 0.25) is 0 Å². The maximum absolute atomic E-state index is 5.80. The maximum Gasteiger partial charge on any atom is 0.196 e. The number of nitrogens with zero attached hydrogens (tertiary/aromatic N) is 3. The van der Waals surface area contributed by atoms with E-state index in [-0.39, 0.29) is 0 Å². The fraction of sp³-hybridized carbons (Fsp3) is 0.273. The van der Waals surface area contributed by atoms with Gasteiger partial charge in [0.05, 0.1) is 12.1 Å². The molecule has 0 spiro atoms. The van der Waals surface area contributed by atoms with E-state index in [1.165, 1.54) is 22.0 Å². The summed E-state index contributed by atoms with van der Waals surface area (Å²) in [4.78, 5) is 0. The molecule has 4 rings (SSSR count). The Kier molecular flexibility index (Phi) is 5.30. The molecular weight excluding hydrogens is 354 g/mol. The average Bonchev–Trinajstić information content (AvgIpc) is 3.09. The first-order chi connectivity index (χ1) is 13.2. The second-order valence-electron chi connectivity index (χ2n) is 6.74. The molecular formula is C22H23N3OS. The minimum Gasteiger partial charge on any atom is -0.494 e. The van der Waals surface area contributed by atoms with Crippen molar-refractivity contribution in [2.24, 2.45) is 0 Å². The number of ether oxygens (including phenoxy) is 1. The Labute approximate surface area is 163 Å². The van der Waals surface area contributed by atoms with Crippen molar-refractivity contribution in [3.05, 3.63) is 65.7 Å². The summed E-state index contributed by atoms with van der Waals surface area (Å²) in [6.45, 7) is 4.95. The van der Waals surface area contributed by atoms with Crippen LogP contribution in [-0.2, 0) is 0 Å². The molecule has 4 nitrogen and oxygen atoms in total. The van der Waals surface area contributed by atoms with Crippen molar-refractivity contribution in [2.75, 3.05) is 12.4 Å².